The van der Waals surface area contributed by atoms with Crippen molar-refractivity contribution < 1.29 is 9.50 Å². The van der Waals surface area contributed by atoms with Gasteiger partial charge >= 0.3 is 0 Å². The highest BCUT2D eigenvalue weighted by Gasteiger charge is 2.11. The molecule has 0 saturated heterocycles. The molecule has 0 aliphatic heterocycles. The quantitative estimate of drug-likeness (QED) is 0.447. The van der Waals surface area contributed by atoms with Gasteiger partial charge in [-0.15, -0.1) is 11.3 Å². The van der Waals surface area contributed by atoms with Crippen LogP contribution < -0.4 is 10.6 Å². The molecule has 26 heavy (non-hydrogen) atoms. The molecule has 1 heterocycles. The topological polar surface area (TPSA) is 56.7 Å². The van der Waals surface area contributed by atoms with Crippen LogP contribution in [0.25, 0.3) is 0 Å². The van der Waals surface area contributed by atoms with E-state index in [0.29, 0.717) is 29.9 Å². The SMILES string of the molecule is CCNC(=NCc1ccc(F)cc1CSC)NCC(O)c1ccc(Cl)s1. The fourth-order valence-electron chi connectivity index (χ4n) is 2.35. The fourth-order valence-corrected chi connectivity index (χ4v) is 3.97. The molecule has 1 aromatic carbocycles. The zero-order valence-electron chi connectivity index (χ0n) is 14.8. The predicted molar refractivity (Wildman–Crippen MR) is 111 cm³/mol. The molecule has 1 atom stereocenters. The zero-order valence-corrected chi connectivity index (χ0v) is 17.1. The monoisotopic (exact) mass is 415 g/mol. The number of benzene rings is 1. The van der Waals surface area contributed by atoms with Crippen molar-refractivity contribution in [2.24, 2.45) is 4.99 Å². The highest BCUT2D eigenvalue weighted by molar-refractivity contribution is 7.97. The van der Waals surface area contributed by atoms with Gasteiger partial charge in [0.25, 0.3) is 0 Å². The second-order valence-corrected chi connectivity index (χ2v) is 8.19. The van der Waals surface area contributed by atoms with E-state index in [0.717, 1.165) is 21.8 Å². The average molecular weight is 416 g/mol. The lowest BCUT2D eigenvalue weighted by Gasteiger charge is -2.15. The Morgan fingerprint density at radius 1 is 1.31 bits per heavy atom. The molecule has 2 rings (SSSR count). The molecule has 0 amide bonds. The van der Waals surface area contributed by atoms with Crippen LogP contribution in [0.4, 0.5) is 4.39 Å². The third-order valence-corrected chi connectivity index (χ3v) is 5.54. The van der Waals surface area contributed by atoms with E-state index in [-0.39, 0.29) is 5.82 Å². The van der Waals surface area contributed by atoms with E-state index in [1.54, 1.807) is 30.0 Å². The Hall–Kier alpha value is -1.28. The lowest BCUT2D eigenvalue weighted by molar-refractivity contribution is 0.184. The molecule has 0 bridgehead atoms. The standard InChI is InChI=1S/C18H23ClFN3OS2/c1-3-21-18(23-10-15(24)16-6-7-17(19)26-16)22-9-12-4-5-14(20)8-13(12)11-25-2/h4-8,15,24H,3,9-11H2,1-2H3,(H2,21,22,23). The van der Waals surface area contributed by atoms with Gasteiger partial charge in [-0.2, -0.15) is 11.8 Å². The van der Waals surface area contributed by atoms with Crippen LogP contribution in [0.3, 0.4) is 0 Å². The van der Waals surface area contributed by atoms with Crippen molar-refractivity contribution in [1.29, 1.82) is 0 Å². The Morgan fingerprint density at radius 2 is 2.12 bits per heavy atom. The summed E-state index contributed by atoms with van der Waals surface area (Å²) in [7, 11) is 0. The minimum absolute atomic E-state index is 0.232. The maximum absolute atomic E-state index is 13.5. The van der Waals surface area contributed by atoms with Crippen molar-refractivity contribution >= 4 is 40.7 Å². The first-order chi connectivity index (χ1) is 12.5. The number of aliphatic imine (C=N–C) groups is 1. The number of thioether (sulfide) groups is 1. The molecule has 0 radical (unpaired) electrons. The third-order valence-electron chi connectivity index (χ3n) is 3.61. The number of nitrogens with zero attached hydrogens (tertiary/aromatic N) is 1. The molecular formula is C18H23ClFN3OS2. The Labute approximate surface area is 166 Å². The van der Waals surface area contributed by atoms with E-state index in [2.05, 4.69) is 15.6 Å². The minimum atomic E-state index is -0.658. The van der Waals surface area contributed by atoms with Gasteiger partial charge in [0.15, 0.2) is 5.96 Å². The van der Waals surface area contributed by atoms with E-state index in [4.69, 9.17) is 11.6 Å². The number of hydrogen-bond donors (Lipinski definition) is 3. The minimum Gasteiger partial charge on any atom is -0.386 e. The molecule has 4 nitrogen and oxygen atoms in total. The van der Waals surface area contributed by atoms with Crippen molar-refractivity contribution in [1.82, 2.24) is 10.6 Å². The lowest BCUT2D eigenvalue weighted by Crippen LogP contribution is -2.39. The van der Waals surface area contributed by atoms with Crippen LogP contribution in [0.15, 0.2) is 35.3 Å². The predicted octanol–water partition coefficient (Wildman–Crippen LogP) is 4.19. The summed E-state index contributed by atoms with van der Waals surface area (Å²) in [6.07, 6.45) is 1.33. The van der Waals surface area contributed by atoms with Crippen LogP contribution in [0.1, 0.15) is 29.0 Å². The maximum Gasteiger partial charge on any atom is 0.191 e. The van der Waals surface area contributed by atoms with E-state index in [1.807, 2.05) is 19.2 Å². The van der Waals surface area contributed by atoms with E-state index in [9.17, 15) is 9.50 Å². The molecule has 8 heteroatoms. The molecule has 0 aliphatic carbocycles. The molecule has 1 aromatic heterocycles. The van der Waals surface area contributed by atoms with Crippen molar-refractivity contribution in [2.45, 2.75) is 25.3 Å². The molecule has 0 fully saturated rings. The van der Waals surface area contributed by atoms with Crippen LogP contribution in [0, 0.1) is 5.82 Å². The summed E-state index contributed by atoms with van der Waals surface area (Å²) in [6, 6.07) is 8.38. The molecule has 0 saturated carbocycles. The fraction of sp³-hybridized carbons (Fsp3) is 0.389. The molecule has 2 aromatic rings. The van der Waals surface area contributed by atoms with Crippen LogP contribution >= 0.6 is 34.7 Å². The van der Waals surface area contributed by atoms with Gasteiger partial charge in [0.2, 0.25) is 0 Å². The summed E-state index contributed by atoms with van der Waals surface area (Å²) in [6.45, 7) is 3.44. The Morgan fingerprint density at radius 3 is 2.77 bits per heavy atom. The highest BCUT2D eigenvalue weighted by Crippen LogP contribution is 2.26. The Bertz CT molecular complexity index is 739. The van der Waals surface area contributed by atoms with E-state index >= 15 is 0 Å². The largest absolute Gasteiger partial charge is 0.386 e. The van der Waals surface area contributed by atoms with E-state index < -0.39 is 6.10 Å². The first kappa shape index (κ1) is 21.0. The van der Waals surface area contributed by atoms with Gasteiger partial charge in [0.1, 0.15) is 11.9 Å². The van der Waals surface area contributed by atoms with Gasteiger partial charge in [-0.05, 0) is 48.6 Å². The summed E-state index contributed by atoms with van der Waals surface area (Å²) in [5, 5.41) is 16.5. The summed E-state index contributed by atoms with van der Waals surface area (Å²) in [5.74, 6) is 1.11. The van der Waals surface area contributed by atoms with Crippen molar-refractivity contribution in [3.8, 4) is 0 Å². The highest BCUT2D eigenvalue weighted by atomic mass is 35.5. The van der Waals surface area contributed by atoms with Crippen LogP contribution in [0.5, 0.6) is 0 Å². The second kappa shape index (κ2) is 10.8. The lowest BCUT2D eigenvalue weighted by atomic mass is 10.1. The van der Waals surface area contributed by atoms with E-state index in [1.165, 1.54) is 17.4 Å². The molecule has 142 valence electrons. The maximum atomic E-state index is 13.5. The van der Waals surface area contributed by atoms with Crippen molar-refractivity contribution in [3.05, 3.63) is 56.5 Å². The van der Waals surface area contributed by atoms with Gasteiger partial charge in [-0.3, -0.25) is 0 Å². The normalized spacial score (nSPS) is 12.9. The number of aliphatic hydroxyl groups is 1. The van der Waals surface area contributed by atoms with Gasteiger partial charge in [0, 0.05) is 23.7 Å². The molecule has 3 N–H and O–H groups in total. The van der Waals surface area contributed by atoms with Crippen LogP contribution in [0.2, 0.25) is 4.34 Å². The number of thiophene rings is 1. The van der Waals surface area contributed by atoms with Gasteiger partial charge in [-0.1, -0.05) is 17.7 Å². The number of hydrogen-bond acceptors (Lipinski definition) is 4. The second-order valence-electron chi connectivity index (χ2n) is 5.58. The summed E-state index contributed by atoms with van der Waals surface area (Å²) < 4.78 is 14.1. The number of guanidine groups is 1. The van der Waals surface area contributed by atoms with Gasteiger partial charge < -0.3 is 15.7 Å². The van der Waals surface area contributed by atoms with Crippen LogP contribution in [-0.4, -0.2) is 30.4 Å². The van der Waals surface area contributed by atoms with Gasteiger partial charge in [-0.25, -0.2) is 9.38 Å². The first-order valence-electron chi connectivity index (χ1n) is 8.25. The first-order valence-corrected chi connectivity index (χ1v) is 10.8. The summed E-state index contributed by atoms with van der Waals surface area (Å²) in [5.41, 5.74) is 1.94. The smallest absolute Gasteiger partial charge is 0.191 e. The third kappa shape index (κ3) is 6.46. The summed E-state index contributed by atoms with van der Waals surface area (Å²) >= 11 is 8.91. The Balaban J connectivity index is 2.02. The number of aliphatic hydroxyl groups excluding tert-OH is 1. The van der Waals surface area contributed by atoms with Crippen molar-refractivity contribution in [3.63, 3.8) is 0 Å². The average Bonchev–Trinajstić information content (AvgIpc) is 3.05. The summed E-state index contributed by atoms with van der Waals surface area (Å²) in [4.78, 5) is 5.36. The number of nitrogens with one attached hydrogen (secondary N) is 2. The molecule has 0 aliphatic rings. The van der Waals surface area contributed by atoms with Crippen molar-refractivity contribution in [2.75, 3.05) is 19.3 Å². The van der Waals surface area contributed by atoms with Crippen LogP contribution in [-0.2, 0) is 12.3 Å². The van der Waals surface area contributed by atoms with Gasteiger partial charge in [0.05, 0.1) is 10.9 Å². The Kier molecular flexibility index (Phi) is 8.71. The number of rotatable bonds is 8. The molecule has 1 unspecified atom stereocenters. The number of halogens is 2. The zero-order chi connectivity index (χ0) is 18.9. The molecule has 0 spiro atoms. The molecular weight excluding hydrogens is 393 g/mol.